The van der Waals surface area contributed by atoms with Crippen LogP contribution >= 0.6 is 0 Å². The molecule has 0 spiro atoms. The molecule has 2 N–H and O–H groups in total. The largest absolute Gasteiger partial charge is 0.497 e. The predicted octanol–water partition coefficient (Wildman–Crippen LogP) is 5.59. The molecule has 39 heavy (non-hydrogen) atoms. The topological polar surface area (TPSA) is 98.5 Å². The van der Waals surface area contributed by atoms with Gasteiger partial charge in [0.25, 0.3) is 5.91 Å². The molecule has 0 fully saturated rings. The van der Waals surface area contributed by atoms with Gasteiger partial charge in [-0.3, -0.25) is 9.48 Å². The van der Waals surface area contributed by atoms with Crippen molar-refractivity contribution >= 4 is 11.6 Å². The minimum atomic E-state index is -0.792. The molecule has 4 aromatic rings. The molecule has 0 saturated carbocycles. The van der Waals surface area contributed by atoms with Crippen molar-refractivity contribution < 1.29 is 19.4 Å². The van der Waals surface area contributed by atoms with Gasteiger partial charge in [-0.05, 0) is 53.9 Å². The number of nitrogens with one attached hydrogen (secondary N) is 1. The van der Waals surface area contributed by atoms with Gasteiger partial charge in [-0.25, -0.2) is 0 Å². The number of benzene rings is 3. The molecule has 1 amide bonds. The van der Waals surface area contributed by atoms with Crippen LogP contribution in [0.1, 0.15) is 52.7 Å². The molecular weight excluding hydrogens is 492 g/mol. The molecule has 1 heterocycles. The first kappa shape index (κ1) is 27.8. The summed E-state index contributed by atoms with van der Waals surface area (Å²) in [6, 6.07) is 24.1. The molecule has 3 atom stereocenters. The Balaban J connectivity index is 1.28. The van der Waals surface area contributed by atoms with Crippen molar-refractivity contribution in [2.45, 2.75) is 32.1 Å². The van der Waals surface area contributed by atoms with Gasteiger partial charge < -0.3 is 19.9 Å². The molecule has 3 aromatic carbocycles. The summed E-state index contributed by atoms with van der Waals surface area (Å²) in [6.45, 7) is 2.76. The number of aromatic nitrogens is 3. The SMILES string of the molecule is COc1ccc(C(=O)Nc2ccc([C@@H](OC)[C@H](C)/C=C/CCn3cc([C@H](O)c4ccccc4)nn3)cc2)cc1. The van der Waals surface area contributed by atoms with E-state index in [0.29, 0.717) is 29.2 Å². The number of nitrogens with zero attached hydrogens (tertiary/aromatic N) is 3. The molecule has 8 nitrogen and oxygen atoms in total. The standard InChI is InChI=1S/C31H34N4O4/c1-22(9-7-8-20-35-21-28(33-34-35)29(36)23-10-5-4-6-11-23)30(39-3)24-12-16-26(17-13-24)32-31(37)25-14-18-27(38-2)19-15-25/h4-7,9-19,21-22,29-30,36H,8,20H2,1-3H3,(H,32,37)/b9-7+/t22-,29-,30+/m1/s1. The summed E-state index contributed by atoms with van der Waals surface area (Å²) in [7, 11) is 3.29. The Kier molecular flexibility index (Phi) is 9.61. The van der Waals surface area contributed by atoms with Gasteiger partial charge in [0.15, 0.2) is 0 Å². The zero-order valence-corrected chi connectivity index (χ0v) is 22.4. The predicted molar refractivity (Wildman–Crippen MR) is 151 cm³/mol. The molecule has 0 aliphatic rings. The lowest BCUT2D eigenvalue weighted by Gasteiger charge is -2.21. The maximum atomic E-state index is 12.5. The molecule has 0 radical (unpaired) electrons. The van der Waals surface area contributed by atoms with Crippen LogP contribution in [0, 0.1) is 5.92 Å². The van der Waals surface area contributed by atoms with E-state index in [1.54, 1.807) is 49.4 Å². The highest BCUT2D eigenvalue weighted by atomic mass is 16.5. The molecule has 8 heteroatoms. The first-order chi connectivity index (χ1) is 19.0. The fourth-order valence-corrected chi connectivity index (χ4v) is 4.33. The number of carbonyl (C=O) groups is 1. The highest BCUT2D eigenvalue weighted by Crippen LogP contribution is 2.28. The monoisotopic (exact) mass is 526 g/mol. The van der Waals surface area contributed by atoms with Crippen LogP contribution in [0.25, 0.3) is 0 Å². The van der Waals surface area contributed by atoms with Gasteiger partial charge >= 0.3 is 0 Å². The van der Waals surface area contributed by atoms with Crippen LogP contribution in [0.3, 0.4) is 0 Å². The summed E-state index contributed by atoms with van der Waals surface area (Å²) in [5, 5.41) is 21.7. The molecule has 0 saturated heterocycles. The van der Waals surface area contributed by atoms with E-state index in [0.717, 1.165) is 17.5 Å². The van der Waals surface area contributed by atoms with Gasteiger partial charge in [-0.1, -0.05) is 66.8 Å². The summed E-state index contributed by atoms with van der Waals surface area (Å²) in [5.41, 5.74) is 3.61. The number of amides is 1. The van der Waals surface area contributed by atoms with E-state index in [1.807, 2.05) is 54.6 Å². The van der Waals surface area contributed by atoms with Gasteiger partial charge in [-0.2, -0.15) is 0 Å². The summed E-state index contributed by atoms with van der Waals surface area (Å²) in [6.07, 6.45) is 5.86. The Labute approximate surface area is 228 Å². The van der Waals surface area contributed by atoms with Gasteiger partial charge in [0.2, 0.25) is 0 Å². The number of aryl methyl sites for hydroxylation is 1. The van der Waals surface area contributed by atoms with Crippen molar-refractivity contribution in [2.24, 2.45) is 5.92 Å². The molecule has 0 aliphatic heterocycles. The Morgan fingerprint density at radius 1 is 1.00 bits per heavy atom. The lowest BCUT2D eigenvalue weighted by Crippen LogP contribution is -2.13. The highest BCUT2D eigenvalue weighted by molar-refractivity contribution is 6.04. The second-order valence-corrected chi connectivity index (χ2v) is 9.26. The Bertz CT molecular complexity index is 1350. The number of aliphatic hydroxyl groups excluding tert-OH is 1. The Hall–Kier alpha value is -4.27. The van der Waals surface area contributed by atoms with Crippen LogP contribution in [-0.4, -0.2) is 40.2 Å². The van der Waals surface area contributed by atoms with Crippen molar-refractivity contribution in [3.8, 4) is 5.75 Å². The normalized spacial score (nSPS) is 13.6. The van der Waals surface area contributed by atoms with Gasteiger partial charge in [0, 0.05) is 30.8 Å². The third-order valence-electron chi connectivity index (χ3n) is 6.50. The van der Waals surface area contributed by atoms with Crippen LogP contribution in [0.5, 0.6) is 5.75 Å². The fourth-order valence-electron chi connectivity index (χ4n) is 4.33. The van der Waals surface area contributed by atoms with E-state index in [4.69, 9.17) is 9.47 Å². The van der Waals surface area contributed by atoms with E-state index in [-0.39, 0.29) is 17.9 Å². The van der Waals surface area contributed by atoms with E-state index in [9.17, 15) is 9.90 Å². The van der Waals surface area contributed by atoms with Crippen LogP contribution in [0.15, 0.2) is 97.2 Å². The lowest BCUT2D eigenvalue weighted by atomic mass is 9.96. The maximum Gasteiger partial charge on any atom is 0.255 e. The van der Waals surface area contributed by atoms with Crippen molar-refractivity contribution in [1.29, 1.82) is 0 Å². The van der Waals surface area contributed by atoms with E-state index in [1.165, 1.54) is 0 Å². The number of aliphatic hydroxyl groups is 1. The zero-order chi connectivity index (χ0) is 27.6. The van der Waals surface area contributed by atoms with Crippen LogP contribution in [0.4, 0.5) is 5.69 Å². The van der Waals surface area contributed by atoms with Crippen LogP contribution in [-0.2, 0) is 11.3 Å². The molecular formula is C31H34N4O4. The number of ether oxygens (including phenoxy) is 2. The van der Waals surface area contributed by atoms with Crippen molar-refractivity contribution in [1.82, 2.24) is 15.0 Å². The first-order valence-electron chi connectivity index (χ1n) is 12.9. The average Bonchev–Trinajstić information content (AvgIpc) is 3.45. The first-order valence-corrected chi connectivity index (χ1v) is 12.9. The van der Waals surface area contributed by atoms with E-state index in [2.05, 4.69) is 34.7 Å². The minimum absolute atomic E-state index is 0.126. The summed E-state index contributed by atoms with van der Waals surface area (Å²) >= 11 is 0. The molecule has 1 aromatic heterocycles. The highest BCUT2D eigenvalue weighted by Gasteiger charge is 2.17. The smallest absolute Gasteiger partial charge is 0.255 e. The number of rotatable bonds is 12. The Morgan fingerprint density at radius 3 is 2.38 bits per heavy atom. The third-order valence-corrected chi connectivity index (χ3v) is 6.50. The van der Waals surface area contributed by atoms with E-state index >= 15 is 0 Å². The second-order valence-electron chi connectivity index (χ2n) is 9.26. The van der Waals surface area contributed by atoms with Crippen molar-refractivity contribution in [3.05, 3.63) is 120 Å². The minimum Gasteiger partial charge on any atom is -0.497 e. The van der Waals surface area contributed by atoms with Crippen LogP contribution < -0.4 is 10.1 Å². The number of hydrogen-bond acceptors (Lipinski definition) is 6. The molecule has 0 bridgehead atoms. The van der Waals surface area contributed by atoms with Crippen molar-refractivity contribution in [3.63, 3.8) is 0 Å². The molecule has 202 valence electrons. The van der Waals surface area contributed by atoms with Gasteiger partial charge in [0.1, 0.15) is 17.5 Å². The van der Waals surface area contributed by atoms with Gasteiger partial charge in [0.05, 0.1) is 19.4 Å². The zero-order valence-electron chi connectivity index (χ0n) is 22.4. The number of hydrogen-bond donors (Lipinski definition) is 2. The number of methoxy groups -OCH3 is 2. The quantitative estimate of drug-likeness (QED) is 0.234. The summed E-state index contributed by atoms with van der Waals surface area (Å²) < 4.78 is 12.7. The van der Waals surface area contributed by atoms with Crippen LogP contribution in [0.2, 0.25) is 0 Å². The second kappa shape index (κ2) is 13.5. The Morgan fingerprint density at radius 2 is 1.72 bits per heavy atom. The number of anilines is 1. The molecule has 0 aliphatic carbocycles. The summed E-state index contributed by atoms with van der Waals surface area (Å²) in [5.74, 6) is 0.649. The number of carbonyl (C=O) groups excluding carboxylic acids is 1. The maximum absolute atomic E-state index is 12.5. The third kappa shape index (κ3) is 7.40. The molecule has 4 rings (SSSR count). The fraction of sp³-hybridized carbons (Fsp3) is 0.258. The summed E-state index contributed by atoms with van der Waals surface area (Å²) in [4.78, 5) is 12.5. The molecule has 0 unspecified atom stereocenters. The van der Waals surface area contributed by atoms with Gasteiger partial charge in [-0.15, -0.1) is 5.10 Å². The van der Waals surface area contributed by atoms with Crippen molar-refractivity contribution in [2.75, 3.05) is 19.5 Å². The van der Waals surface area contributed by atoms with E-state index < -0.39 is 6.10 Å². The average molecular weight is 527 g/mol. The number of allylic oxidation sites excluding steroid dienone is 1. The lowest BCUT2D eigenvalue weighted by molar-refractivity contribution is 0.0741.